The number of carbonyl (C=O) groups is 3. The van der Waals surface area contributed by atoms with E-state index in [1.807, 2.05) is 0 Å². The lowest BCUT2D eigenvalue weighted by Crippen LogP contribution is -2.23. The standard InChI is InChI=1S/C22H22N2O7S/c1-2-29-21(27)19-13-6-5-9-16(13)32-20(19)23-17(25)12-30-18(26)10-11-24-14-7-3-4-8-15(14)31-22(24)28/h3-4,7-8H,2,5-6,9-12H2,1H3,(H,23,25). The van der Waals surface area contributed by atoms with Crippen LogP contribution in [-0.4, -0.2) is 35.6 Å². The molecule has 1 aliphatic rings. The fraction of sp³-hybridized carbons (Fsp3) is 0.364. The summed E-state index contributed by atoms with van der Waals surface area (Å²) in [6, 6.07) is 6.90. The van der Waals surface area contributed by atoms with Gasteiger partial charge in [0.2, 0.25) is 0 Å². The number of anilines is 1. The van der Waals surface area contributed by atoms with Gasteiger partial charge in [0, 0.05) is 11.4 Å². The number of carbonyl (C=O) groups excluding carboxylic acids is 3. The molecule has 0 unspecified atom stereocenters. The van der Waals surface area contributed by atoms with E-state index in [0.717, 1.165) is 29.7 Å². The molecule has 1 N–H and O–H groups in total. The van der Waals surface area contributed by atoms with E-state index < -0.39 is 30.2 Å². The number of nitrogens with one attached hydrogen (secondary N) is 1. The second kappa shape index (κ2) is 9.39. The van der Waals surface area contributed by atoms with Crippen molar-refractivity contribution in [2.75, 3.05) is 18.5 Å². The number of para-hydroxylation sites is 2. The zero-order valence-electron chi connectivity index (χ0n) is 17.5. The van der Waals surface area contributed by atoms with E-state index >= 15 is 0 Å². The van der Waals surface area contributed by atoms with Gasteiger partial charge in [0.25, 0.3) is 5.91 Å². The van der Waals surface area contributed by atoms with Crippen molar-refractivity contribution in [3.63, 3.8) is 0 Å². The summed E-state index contributed by atoms with van der Waals surface area (Å²) in [4.78, 5) is 49.8. The molecule has 32 heavy (non-hydrogen) atoms. The molecule has 0 fully saturated rings. The Hall–Kier alpha value is -3.40. The number of ether oxygens (including phenoxy) is 2. The van der Waals surface area contributed by atoms with Crippen LogP contribution in [0.25, 0.3) is 11.1 Å². The van der Waals surface area contributed by atoms with Crippen molar-refractivity contribution in [3.8, 4) is 0 Å². The van der Waals surface area contributed by atoms with Crippen LogP contribution in [-0.2, 0) is 38.4 Å². The Morgan fingerprint density at radius 1 is 1.19 bits per heavy atom. The minimum absolute atomic E-state index is 0.0704. The maximum Gasteiger partial charge on any atom is 0.419 e. The average Bonchev–Trinajstić information content (AvgIpc) is 3.43. The SMILES string of the molecule is CCOC(=O)c1c(NC(=O)COC(=O)CCn2c(=O)oc3ccccc32)sc2c1CCC2. The Morgan fingerprint density at radius 3 is 2.81 bits per heavy atom. The number of thiophene rings is 1. The van der Waals surface area contributed by atoms with Crippen LogP contribution in [0.5, 0.6) is 0 Å². The molecule has 0 saturated carbocycles. The third-order valence-corrected chi connectivity index (χ3v) is 6.34. The average molecular weight is 458 g/mol. The molecule has 0 aliphatic heterocycles. The Bertz CT molecular complexity index is 1240. The van der Waals surface area contributed by atoms with Crippen LogP contribution in [0.1, 0.15) is 40.6 Å². The lowest BCUT2D eigenvalue weighted by Gasteiger charge is -2.09. The van der Waals surface area contributed by atoms with Crippen molar-refractivity contribution in [2.45, 2.75) is 39.2 Å². The largest absolute Gasteiger partial charge is 0.462 e. The minimum Gasteiger partial charge on any atom is -0.462 e. The fourth-order valence-corrected chi connectivity index (χ4v) is 5.01. The molecule has 1 amide bonds. The number of benzene rings is 1. The first kappa shape index (κ1) is 21.8. The molecule has 1 aromatic carbocycles. The highest BCUT2D eigenvalue weighted by molar-refractivity contribution is 7.17. The summed E-state index contributed by atoms with van der Waals surface area (Å²) < 4.78 is 16.6. The first-order chi connectivity index (χ1) is 15.5. The molecule has 0 radical (unpaired) electrons. The van der Waals surface area contributed by atoms with Gasteiger partial charge in [-0.15, -0.1) is 11.3 Å². The topological polar surface area (TPSA) is 117 Å². The summed E-state index contributed by atoms with van der Waals surface area (Å²) in [5, 5.41) is 3.09. The van der Waals surface area contributed by atoms with Crippen LogP contribution in [0, 0.1) is 0 Å². The molecular weight excluding hydrogens is 436 g/mol. The van der Waals surface area contributed by atoms with Crippen molar-refractivity contribution in [2.24, 2.45) is 0 Å². The normalized spacial score (nSPS) is 12.5. The van der Waals surface area contributed by atoms with Crippen LogP contribution in [0.15, 0.2) is 33.5 Å². The van der Waals surface area contributed by atoms with Gasteiger partial charge in [-0.2, -0.15) is 0 Å². The van der Waals surface area contributed by atoms with Crippen LogP contribution < -0.4 is 11.1 Å². The van der Waals surface area contributed by atoms with E-state index in [4.69, 9.17) is 13.9 Å². The number of esters is 2. The Morgan fingerprint density at radius 2 is 2.00 bits per heavy atom. The van der Waals surface area contributed by atoms with Crippen molar-refractivity contribution < 1.29 is 28.3 Å². The van der Waals surface area contributed by atoms with E-state index in [0.29, 0.717) is 21.7 Å². The van der Waals surface area contributed by atoms with Crippen molar-refractivity contribution in [3.05, 3.63) is 50.8 Å². The molecular formula is C22H22N2O7S. The lowest BCUT2D eigenvalue weighted by molar-refractivity contribution is -0.147. The Kier molecular flexibility index (Phi) is 6.40. The number of aromatic nitrogens is 1. The van der Waals surface area contributed by atoms with Crippen LogP contribution in [0.4, 0.5) is 5.00 Å². The van der Waals surface area contributed by atoms with Gasteiger partial charge in [0.05, 0.1) is 24.1 Å². The molecule has 168 valence electrons. The zero-order valence-corrected chi connectivity index (χ0v) is 18.3. The fourth-order valence-electron chi connectivity index (χ4n) is 3.72. The maximum absolute atomic E-state index is 12.4. The van der Waals surface area contributed by atoms with E-state index in [2.05, 4.69) is 5.32 Å². The van der Waals surface area contributed by atoms with Gasteiger partial charge in [-0.1, -0.05) is 12.1 Å². The quantitative estimate of drug-likeness (QED) is 0.516. The molecule has 0 atom stereocenters. The molecule has 2 heterocycles. The molecule has 4 rings (SSSR count). The highest BCUT2D eigenvalue weighted by atomic mass is 32.1. The number of hydrogen-bond acceptors (Lipinski definition) is 8. The summed E-state index contributed by atoms with van der Waals surface area (Å²) >= 11 is 1.35. The third kappa shape index (κ3) is 4.45. The van der Waals surface area contributed by atoms with Crippen molar-refractivity contribution in [1.29, 1.82) is 0 Å². The zero-order chi connectivity index (χ0) is 22.7. The number of amides is 1. The Labute approximate surface area is 186 Å². The number of oxazole rings is 1. The summed E-state index contributed by atoms with van der Waals surface area (Å²) in [7, 11) is 0. The van der Waals surface area contributed by atoms with Gasteiger partial charge in [0.15, 0.2) is 12.2 Å². The number of hydrogen-bond donors (Lipinski definition) is 1. The molecule has 9 nitrogen and oxygen atoms in total. The monoisotopic (exact) mass is 458 g/mol. The number of nitrogens with zero attached hydrogens (tertiary/aromatic N) is 1. The third-order valence-electron chi connectivity index (χ3n) is 5.13. The molecule has 0 spiro atoms. The number of fused-ring (bicyclic) bond motifs is 2. The summed E-state index contributed by atoms with van der Waals surface area (Å²) in [6.45, 7) is 1.54. The van der Waals surface area contributed by atoms with Gasteiger partial charge >= 0.3 is 17.7 Å². The minimum atomic E-state index is -0.628. The van der Waals surface area contributed by atoms with E-state index in [9.17, 15) is 19.2 Å². The van der Waals surface area contributed by atoms with Crippen LogP contribution >= 0.6 is 11.3 Å². The maximum atomic E-state index is 12.4. The lowest BCUT2D eigenvalue weighted by atomic mass is 10.1. The first-order valence-electron chi connectivity index (χ1n) is 10.3. The molecule has 1 aliphatic carbocycles. The van der Waals surface area contributed by atoms with Crippen molar-refractivity contribution in [1.82, 2.24) is 4.57 Å². The smallest absolute Gasteiger partial charge is 0.419 e. The molecule has 0 bridgehead atoms. The van der Waals surface area contributed by atoms with Crippen molar-refractivity contribution >= 4 is 45.3 Å². The second-order valence-electron chi connectivity index (χ2n) is 7.23. The van der Waals surface area contributed by atoms with Crippen LogP contribution in [0.2, 0.25) is 0 Å². The summed E-state index contributed by atoms with van der Waals surface area (Å²) in [5.74, 6) is -2.20. The van der Waals surface area contributed by atoms with E-state index in [1.165, 1.54) is 15.9 Å². The predicted octanol–water partition coefficient (Wildman–Crippen LogP) is 2.89. The molecule has 2 aromatic heterocycles. The van der Waals surface area contributed by atoms with Gasteiger partial charge < -0.3 is 19.2 Å². The second-order valence-corrected chi connectivity index (χ2v) is 8.33. The van der Waals surface area contributed by atoms with Gasteiger partial charge in [-0.05, 0) is 43.9 Å². The predicted molar refractivity (Wildman–Crippen MR) is 117 cm³/mol. The van der Waals surface area contributed by atoms with E-state index in [-0.39, 0.29) is 19.6 Å². The molecule has 0 saturated heterocycles. The van der Waals surface area contributed by atoms with E-state index in [1.54, 1.807) is 31.2 Å². The Balaban J connectivity index is 1.33. The van der Waals surface area contributed by atoms with Gasteiger partial charge in [-0.25, -0.2) is 9.59 Å². The summed E-state index contributed by atoms with van der Waals surface area (Å²) in [5.41, 5.74) is 2.35. The first-order valence-corrected chi connectivity index (χ1v) is 11.1. The highest BCUT2D eigenvalue weighted by Crippen LogP contribution is 2.39. The summed E-state index contributed by atoms with van der Waals surface area (Å²) in [6.07, 6.45) is 2.50. The number of rotatable bonds is 8. The van der Waals surface area contributed by atoms with Gasteiger partial charge in [-0.3, -0.25) is 14.2 Å². The molecule has 10 heteroatoms. The highest BCUT2D eigenvalue weighted by Gasteiger charge is 2.28. The number of aryl methyl sites for hydroxylation is 2. The molecule has 3 aromatic rings. The van der Waals surface area contributed by atoms with Crippen LogP contribution in [0.3, 0.4) is 0 Å². The van der Waals surface area contributed by atoms with Gasteiger partial charge in [0.1, 0.15) is 5.00 Å².